The largest absolute Gasteiger partial charge is 0.392 e. The van der Waals surface area contributed by atoms with E-state index in [9.17, 15) is 10.2 Å². The average Bonchev–Trinajstić information content (AvgIpc) is 2.97. The molecule has 0 aromatic heterocycles. The molecule has 0 radical (unpaired) electrons. The Bertz CT molecular complexity index is 723. The number of nitrogens with zero attached hydrogens (tertiary/aromatic N) is 2. The smallest absolute Gasteiger partial charge is 0.111 e. The Morgan fingerprint density at radius 2 is 2.00 bits per heavy atom. The number of aliphatic hydroxyl groups is 2. The summed E-state index contributed by atoms with van der Waals surface area (Å²) in [5.41, 5.74) is 2.51. The zero-order valence-electron chi connectivity index (χ0n) is 14.3. The van der Waals surface area contributed by atoms with Gasteiger partial charge in [0.05, 0.1) is 12.1 Å². The highest BCUT2D eigenvalue weighted by molar-refractivity contribution is 5.67. The molecule has 0 amide bonds. The van der Waals surface area contributed by atoms with Crippen molar-refractivity contribution in [2.45, 2.75) is 62.1 Å². The summed E-state index contributed by atoms with van der Waals surface area (Å²) in [5, 5.41) is 22.6. The zero-order chi connectivity index (χ0) is 16.4. The van der Waals surface area contributed by atoms with Gasteiger partial charge < -0.3 is 15.1 Å². The number of hydrogen-bond acceptors (Lipinski definition) is 4. The van der Waals surface area contributed by atoms with Gasteiger partial charge in [-0.25, -0.2) is 0 Å². The topological polar surface area (TPSA) is 46.9 Å². The highest BCUT2D eigenvalue weighted by atomic mass is 16.3. The first-order chi connectivity index (χ1) is 11.6. The molecule has 1 aromatic carbocycles. The van der Waals surface area contributed by atoms with E-state index in [2.05, 4.69) is 48.0 Å². The summed E-state index contributed by atoms with van der Waals surface area (Å²) in [7, 11) is 2.19. The monoisotopic (exact) mass is 326 g/mol. The lowest BCUT2D eigenvalue weighted by atomic mass is 9.62. The van der Waals surface area contributed by atoms with Crippen LogP contribution in [0.5, 0.6) is 0 Å². The third-order valence-electron chi connectivity index (χ3n) is 8.46. The van der Waals surface area contributed by atoms with E-state index in [1.807, 2.05) is 0 Å². The SMILES string of the molecule is CC[C@H]1[C@@H]2C[C@H]3[C@@H]4N(C)c5ccccc5C45C[C@@H](C2[C@H]5O)N3[C@@H]1O. The van der Waals surface area contributed by atoms with Crippen molar-refractivity contribution in [3.63, 3.8) is 0 Å². The van der Waals surface area contributed by atoms with Crippen molar-refractivity contribution >= 4 is 5.69 Å². The molecule has 5 aliphatic heterocycles. The summed E-state index contributed by atoms with van der Waals surface area (Å²) >= 11 is 0. The van der Waals surface area contributed by atoms with Crippen molar-refractivity contribution in [2.75, 3.05) is 11.9 Å². The van der Waals surface area contributed by atoms with Gasteiger partial charge >= 0.3 is 0 Å². The fourth-order valence-corrected chi connectivity index (χ4v) is 7.88. The van der Waals surface area contributed by atoms with E-state index in [1.165, 1.54) is 11.3 Å². The molecule has 5 heterocycles. The molecule has 3 unspecified atom stereocenters. The van der Waals surface area contributed by atoms with Gasteiger partial charge in [0.2, 0.25) is 0 Å². The molecule has 10 atom stereocenters. The molecule has 7 rings (SSSR count). The Balaban J connectivity index is 1.60. The first-order valence-electron chi connectivity index (χ1n) is 9.57. The molecule has 1 saturated carbocycles. The lowest BCUT2D eigenvalue weighted by Crippen LogP contribution is -2.72. The summed E-state index contributed by atoms with van der Waals surface area (Å²) in [5.74, 6) is 1.14. The Hall–Kier alpha value is -1.10. The molecule has 1 aromatic rings. The van der Waals surface area contributed by atoms with Crippen LogP contribution in [0.2, 0.25) is 0 Å². The van der Waals surface area contributed by atoms with E-state index in [1.54, 1.807) is 0 Å². The predicted molar refractivity (Wildman–Crippen MR) is 91.7 cm³/mol. The number of rotatable bonds is 1. The van der Waals surface area contributed by atoms with E-state index >= 15 is 0 Å². The van der Waals surface area contributed by atoms with Gasteiger partial charge in [0.25, 0.3) is 0 Å². The summed E-state index contributed by atoms with van der Waals surface area (Å²) in [6.45, 7) is 2.19. The number of hydrogen-bond donors (Lipinski definition) is 2. The number of para-hydroxylation sites is 1. The lowest BCUT2D eigenvalue weighted by molar-refractivity contribution is -0.211. The van der Waals surface area contributed by atoms with Crippen LogP contribution in [0.15, 0.2) is 24.3 Å². The summed E-state index contributed by atoms with van der Waals surface area (Å²) in [6, 6.07) is 9.70. The summed E-state index contributed by atoms with van der Waals surface area (Å²) in [4.78, 5) is 4.83. The Labute approximate surface area is 143 Å². The Morgan fingerprint density at radius 3 is 2.79 bits per heavy atom. The van der Waals surface area contributed by atoms with Crippen molar-refractivity contribution < 1.29 is 10.2 Å². The van der Waals surface area contributed by atoms with Crippen LogP contribution in [-0.2, 0) is 5.41 Å². The molecule has 24 heavy (non-hydrogen) atoms. The van der Waals surface area contributed by atoms with Crippen molar-refractivity contribution in [3.8, 4) is 0 Å². The van der Waals surface area contributed by atoms with Crippen LogP contribution in [-0.4, -0.2) is 52.6 Å². The molecule has 5 fully saturated rings. The van der Waals surface area contributed by atoms with Gasteiger partial charge in [0.15, 0.2) is 0 Å². The minimum atomic E-state index is -0.319. The van der Waals surface area contributed by atoms with Gasteiger partial charge in [-0.15, -0.1) is 0 Å². The van der Waals surface area contributed by atoms with Gasteiger partial charge in [-0.2, -0.15) is 0 Å². The van der Waals surface area contributed by atoms with Crippen LogP contribution in [0.1, 0.15) is 31.7 Å². The van der Waals surface area contributed by atoms with Gasteiger partial charge in [0.1, 0.15) is 6.23 Å². The maximum Gasteiger partial charge on any atom is 0.111 e. The number of piperidine rings is 4. The van der Waals surface area contributed by atoms with Crippen molar-refractivity contribution in [1.29, 1.82) is 0 Å². The minimum Gasteiger partial charge on any atom is -0.392 e. The Morgan fingerprint density at radius 1 is 1.21 bits per heavy atom. The first-order valence-corrected chi connectivity index (χ1v) is 9.57. The highest BCUT2D eigenvalue weighted by Gasteiger charge is 2.76. The average molecular weight is 326 g/mol. The van der Waals surface area contributed by atoms with E-state index in [4.69, 9.17) is 0 Å². The molecule has 4 heteroatoms. The molecule has 4 nitrogen and oxygen atoms in total. The second-order valence-electron chi connectivity index (χ2n) is 8.81. The zero-order valence-corrected chi connectivity index (χ0v) is 14.3. The number of likely N-dealkylation sites (N-methyl/N-ethyl adjacent to an activating group) is 1. The molecular formula is C20H26N2O2. The van der Waals surface area contributed by atoms with Gasteiger partial charge in [-0.3, -0.25) is 4.90 Å². The van der Waals surface area contributed by atoms with Crippen molar-refractivity contribution in [1.82, 2.24) is 4.90 Å². The van der Waals surface area contributed by atoms with Crippen LogP contribution in [0.3, 0.4) is 0 Å². The molecule has 128 valence electrons. The van der Waals surface area contributed by atoms with E-state index < -0.39 is 0 Å². The van der Waals surface area contributed by atoms with Crippen LogP contribution >= 0.6 is 0 Å². The first kappa shape index (κ1) is 14.1. The van der Waals surface area contributed by atoms with Gasteiger partial charge in [-0.1, -0.05) is 25.1 Å². The van der Waals surface area contributed by atoms with E-state index in [0.29, 0.717) is 35.9 Å². The third kappa shape index (κ3) is 1.20. The Kier molecular flexibility index (Phi) is 2.45. The molecule has 1 aliphatic carbocycles. The van der Waals surface area contributed by atoms with E-state index in [-0.39, 0.29) is 17.7 Å². The second kappa shape index (κ2) is 4.17. The number of anilines is 1. The second-order valence-corrected chi connectivity index (χ2v) is 8.81. The number of aliphatic hydroxyl groups excluding tert-OH is 2. The quantitative estimate of drug-likeness (QED) is 0.822. The molecular weight excluding hydrogens is 300 g/mol. The van der Waals surface area contributed by atoms with Crippen LogP contribution in [0.4, 0.5) is 5.69 Å². The van der Waals surface area contributed by atoms with Crippen molar-refractivity contribution in [2.24, 2.45) is 17.8 Å². The maximum atomic E-state index is 11.6. The maximum absolute atomic E-state index is 11.6. The fraction of sp³-hybridized carbons (Fsp3) is 0.700. The lowest BCUT2D eigenvalue weighted by Gasteiger charge is -2.62. The fourth-order valence-electron chi connectivity index (χ4n) is 7.88. The number of benzene rings is 1. The van der Waals surface area contributed by atoms with Gasteiger partial charge in [-0.05, 0) is 36.8 Å². The van der Waals surface area contributed by atoms with E-state index in [0.717, 1.165) is 19.3 Å². The molecule has 4 saturated heterocycles. The summed E-state index contributed by atoms with van der Waals surface area (Å²) < 4.78 is 0. The molecule has 6 aliphatic rings. The van der Waals surface area contributed by atoms with Gasteiger partial charge in [0, 0.05) is 42.1 Å². The third-order valence-corrected chi connectivity index (χ3v) is 8.46. The molecule has 1 spiro atoms. The summed E-state index contributed by atoms with van der Waals surface area (Å²) in [6.07, 6.45) is 2.56. The predicted octanol–water partition coefficient (Wildman–Crippen LogP) is 1.55. The minimum absolute atomic E-state index is 0.126. The standard InChI is InChI=1S/C20H26N2O2/c1-3-10-11-8-14-17-20(12-6-4-5-7-13(12)21(17)2)9-15(16(11)18(20)23)22(14)19(10)24/h4-7,10-11,14-19,23-24H,3,8-9H2,1-2H3/t10-,11-,14-,15-,16?,17-,18+,19+,20?/m0/s1. The molecule has 5 bridgehead atoms. The normalized spacial score (nSPS) is 55.8. The van der Waals surface area contributed by atoms with Crippen LogP contribution < -0.4 is 4.90 Å². The molecule has 2 N–H and O–H groups in total. The number of fused-ring (bicyclic) bond motifs is 2. The van der Waals surface area contributed by atoms with Crippen LogP contribution in [0.25, 0.3) is 0 Å². The van der Waals surface area contributed by atoms with Crippen LogP contribution in [0, 0.1) is 17.8 Å². The van der Waals surface area contributed by atoms with Crippen molar-refractivity contribution in [3.05, 3.63) is 29.8 Å². The highest BCUT2D eigenvalue weighted by Crippen LogP contribution is 2.68.